The Labute approximate surface area is 129 Å². The van der Waals surface area contributed by atoms with Crippen molar-refractivity contribution in [1.29, 1.82) is 0 Å². The minimum Gasteiger partial charge on any atom is -0.349 e. The first-order chi connectivity index (χ1) is 9.06. The van der Waals surface area contributed by atoms with Crippen LogP contribution in [0.4, 0.5) is 0 Å². The Hall–Kier alpha value is -0.840. The zero-order valence-corrected chi connectivity index (χ0v) is 13.5. The van der Waals surface area contributed by atoms with Gasteiger partial charge in [0, 0.05) is 26.8 Å². The van der Waals surface area contributed by atoms with Crippen molar-refractivity contribution >= 4 is 44.8 Å². The van der Waals surface area contributed by atoms with Crippen LogP contribution in [0.15, 0.2) is 40.2 Å². The molecule has 1 aromatic carbocycles. The summed E-state index contributed by atoms with van der Waals surface area (Å²) < 4.78 is 0.748. The number of nitrogens with one attached hydrogen (secondary N) is 1. The molecule has 0 aliphatic rings. The zero-order chi connectivity index (χ0) is 13.8. The normalized spacial score (nSPS) is 12.2. The number of benzene rings is 1. The molecule has 1 amide bonds. The van der Waals surface area contributed by atoms with Crippen LogP contribution < -0.4 is 5.32 Å². The maximum Gasteiger partial charge on any atom is 0.252 e. The lowest BCUT2D eigenvalue weighted by Crippen LogP contribution is -2.34. The largest absolute Gasteiger partial charge is 0.349 e. The third-order valence-electron chi connectivity index (χ3n) is 2.64. The number of carbonyl (C=O) groups is 1. The number of carbonyl (C=O) groups excluding carboxylic acids is 1. The Morgan fingerprint density at radius 3 is 2.95 bits per heavy atom. The second-order valence-electron chi connectivity index (χ2n) is 4.28. The fourth-order valence-corrected chi connectivity index (χ4v) is 3.19. The molecule has 0 saturated carbocycles. The number of rotatable bonds is 4. The first kappa shape index (κ1) is 14.6. The summed E-state index contributed by atoms with van der Waals surface area (Å²) in [6, 6.07) is 9.36. The molecule has 0 fully saturated rings. The summed E-state index contributed by atoms with van der Waals surface area (Å²) in [6.45, 7) is 2.00. The van der Waals surface area contributed by atoms with Crippen LogP contribution in [0.5, 0.6) is 0 Å². The molecule has 100 valence electrons. The molecule has 2 rings (SSSR count). The highest BCUT2D eigenvalue weighted by Crippen LogP contribution is 2.21. The molecule has 0 bridgehead atoms. The third kappa shape index (κ3) is 4.06. The lowest BCUT2D eigenvalue weighted by molar-refractivity contribution is 0.0939. The van der Waals surface area contributed by atoms with Gasteiger partial charge in [-0.2, -0.15) is 0 Å². The van der Waals surface area contributed by atoms with E-state index in [2.05, 4.69) is 27.3 Å². The van der Waals surface area contributed by atoms with Crippen LogP contribution in [0.2, 0.25) is 5.02 Å². The highest BCUT2D eigenvalue weighted by molar-refractivity contribution is 9.10. The van der Waals surface area contributed by atoms with Crippen molar-refractivity contribution in [3.8, 4) is 0 Å². The van der Waals surface area contributed by atoms with E-state index in [1.807, 2.05) is 18.4 Å². The molecule has 19 heavy (non-hydrogen) atoms. The van der Waals surface area contributed by atoms with Gasteiger partial charge in [0.15, 0.2) is 0 Å². The van der Waals surface area contributed by atoms with Gasteiger partial charge in [0.1, 0.15) is 0 Å². The molecule has 1 heterocycles. The van der Waals surface area contributed by atoms with Crippen molar-refractivity contribution < 1.29 is 4.79 Å². The van der Waals surface area contributed by atoms with E-state index in [-0.39, 0.29) is 11.9 Å². The molecule has 5 heteroatoms. The molecule has 1 N–H and O–H groups in total. The van der Waals surface area contributed by atoms with Crippen LogP contribution in [0.3, 0.4) is 0 Å². The minimum absolute atomic E-state index is 0.0806. The van der Waals surface area contributed by atoms with E-state index >= 15 is 0 Å². The Bertz CT molecular complexity index is 571. The maximum atomic E-state index is 12.2. The predicted octanol–water partition coefficient (Wildman–Crippen LogP) is 4.53. The van der Waals surface area contributed by atoms with E-state index in [0.717, 1.165) is 10.9 Å². The summed E-state index contributed by atoms with van der Waals surface area (Å²) in [6.07, 6.45) is 0.835. The number of halogens is 2. The molecule has 1 aromatic heterocycles. The van der Waals surface area contributed by atoms with Gasteiger partial charge in [0.05, 0.1) is 5.56 Å². The molecule has 0 radical (unpaired) electrons. The smallest absolute Gasteiger partial charge is 0.252 e. The zero-order valence-electron chi connectivity index (χ0n) is 10.3. The Morgan fingerprint density at radius 1 is 1.47 bits per heavy atom. The molecular formula is C14H13BrClNOS. The van der Waals surface area contributed by atoms with Crippen molar-refractivity contribution in [1.82, 2.24) is 5.32 Å². The van der Waals surface area contributed by atoms with Gasteiger partial charge in [-0.25, -0.2) is 0 Å². The average Bonchev–Trinajstić information content (AvgIpc) is 2.84. The SMILES string of the molecule is CC(Cc1cccs1)NC(=O)c1cc(Cl)ccc1Br. The average molecular weight is 359 g/mol. The van der Waals surface area contributed by atoms with Crippen molar-refractivity contribution in [3.05, 3.63) is 55.6 Å². The standard InChI is InChI=1S/C14H13BrClNOS/c1-9(7-11-3-2-6-19-11)17-14(18)12-8-10(16)4-5-13(12)15/h2-6,8-9H,7H2,1H3,(H,17,18). The van der Waals surface area contributed by atoms with Gasteiger partial charge in [0.2, 0.25) is 0 Å². The minimum atomic E-state index is -0.113. The predicted molar refractivity (Wildman–Crippen MR) is 84.1 cm³/mol. The maximum absolute atomic E-state index is 12.2. The quantitative estimate of drug-likeness (QED) is 0.855. The van der Waals surface area contributed by atoms with Crippen molar-refractivity contribution in [2.45, 2.75) is 19.4 Å². The molecular weight excluding hydrogens is 346 g/mol. The van der Waals surface area contributed by atoms with Gasteiger partial charge >= 0.3 is 0 Å². The molecule has 1 unspecified atom stereocenters. The summed E-state index contributed by atoms with van der Waals surface area (Å²) in [4.78, 5) is 13.4. The van der Waals surface area contributed by atoms with Gasteiger partial charge in [-0.3, -0.25) is 4.79 Å². The van der Waals surface area contributed by atoms with E-state index in [1.165, 1.54) is 4.88 Å². The van der Waals surface area contributed by atoms with Crippen LogP contribution >= 0.6 is 38.9 Å². The van der Waals surface area contributed by atoms with Gasteiger partial charge in [-0.1, -0.05) is 17.7 Å². The Balaban J connectivity index is 2.02. The second-order valence-corrected chi connectivity index (χ2v) is 6.61. The van der Waals surface area contributed by atoms with Crippen molar-refractivity contribution in [2.75, 3.05) is 0 Å². The molecule has 2 nitrogen and oxygen atoms in total. The van der Waals surface area contributed by atoms with Gasteiger partial charge in [-0.05, 0) is 52.5 Å². The molecule has 1 atom stereocenters. The van der Waals surface area contributed by atoms with E-state index in [0.29, 0.717) is 10.6 Å². The van der Waals surface area contributed by atoms with E-state index in [9.17, 15) is 4.79 Å². The molecule has 2 aromatic rings. The third-order valence-corrected chi connectivity index (χ3v) is 4.46. The second kappa shape index (κ2) is 6.55. The highest BCUT2D eigenvalue weighted by Gasteiger charge is 2.14. The summed E-state index contributed by atoms with van der Waals surface area (Å²) >= 11 is 11.0. The van der Waals surface area contributed by atoms with Crippen LogP contribution in [0, 0.1) is 0 Å². The van der Waals surface area contributed by atoms with Gasteiger partial charge < -0.3 is 5.32 Å². The monoisotopic (exact) mass is 357 g/mol. The van der Waals surface area contributed by atoms with Crippen LogP contribution in [-0.4, -0.2) is 11.9 Å². The number of amides is 1. The first-order valence-corrected chi connectivity index (χ1v) is 7.89. The Morgan fingerprint density at radius 2 is 2.26 bits per heavy atom. The summed E-state index contributed by atoms with van der Waals surface area (Å²) in [5, 5.41) is 5.58. The van der Waals surface area contributed by atoms with Gasteiger partial charge in [-0.15, -0.1) is 11.3 Å². The van der Waals surface area contributed by atoms with E-state index < -0.39 is 0 Å². The summed E-state index contributed by atoms with van der Waals surface area (Å²) in [5.74, 6) is -0.113. The van der Waals surface area contributed by atoms with Gasteiger partial charge in [0.25, 0.3) is 5.91 Å². The van der Waals surface area contributed by atoms with E-state index in [1.54, 1.807) is 29.5 Å². The lowest BCUT2D eigenvalue weighted by atomic mass is 10.1. The molecule has 0 aliphatic heterocycles. The molecule has 0 spiro atoms. The topological polar surface area (TPSA) is 29.1 Å². The fourth-order valence-electron chi connectivity index (χ4n) is 1.75. The number of hydrogen-bond acceptors (Lipinski definition) is 2. The Kier molecular flexibility index (Phi) is 5.02. The van der Waals surface area contributed by atoms with Crippen LogP contribution in [0.1, 0.15) is 22.2 Å². The summed E-state index contributed by atoms with van der Waals surface area (Å²) in [5.41, 5.74) is 0.561. The summed E-state index contributed by atoms with van der Waals surface area (Å²) in [7, 11) is 0. The van der Waals surface area contributed by atoms with Crippen LogP contribution in [-0.2, 0) is 6.42 Å². The molecule has 0 aliphatic carbocycles. The number of hydrogen-bond donors (Lipinski definition) is 1. The van der Waals surface area contributed by atoms with E-state index in [4.69, 9.17) is 11.6 Å². The molecule has 0 saturated heterocycles. The highest BCUT2D eigenvalue weighted by atomic mass is 79.9. The fraction of sp³-hybridized carbons (Fsp3) is 0.214. The van der Waals surface area contributed by atoms with Crippen molar-refractivity contribution in [2.24, 2.45) is 0 Å². The number of thiophene rings is 1. The lowest BCUT2D eigenvalue weighted by Gasteiger charge is -2.14. The van der Waals surface area contributed by atoms with Crippen molar-refractivity contribution in [3.63, 3.8) is 0 Å². The first-order valence-electron chi connectivity index (χ1n) is 5.84. The van der Waals surface area contributed by atoms with Crippen LogP contribution in [0.25, 0.3) is 0 Å².